The summed E-state index contributed by atoms with van der Waals surface area (Å²) in [6, 6.07) is 15.8. The zero-order valence-corrected chi connectivity index (χ0v) is 16.9. The van der Waals surface area contributed by atoms with Gasteiger partial charge in [0.1, 0.15) is 5.75 Å². The van der Waals surface area contributed by atoms with Crippen LogP contribution in [0.25, 0.3) is 10.9 Å². The van der Waals surface area contributed by atoms with Gasteiger partial charge in [0.2, 0.25) is 11.9 Å². The second-order valence-electron chi connectivity index (χ2n) is 7.48. The van der Waals surface area contributed by atoms with Gasteiger partial charge in [-0.15, -0.1) is 0 Å². The molecule has 0 bridgehead atoms. The standard InChI is InChI=1S/C23H26N4O2/c1-16-20-11-10-19(29-2)13-21(20)26-23(25-16)27-12-6-9-18(15-27)22(28)24-14-17-7-4-3-5-8-17/h3-5,7-8,10-11,13,18H,6,9,12,14-15H2,1-2H3,(H,24,28)/t18-/m0/s1. The van der Waals surface area contributed by atoms with Crippen LogP contribution in [0.5, 0.6) is 5.75 Å². The van der Waals surface area contributed by atoms with Crippen molar-refractivity contribution < 1.29 is 9.53 Å². The Bertz CT molecular complexity index is 1010. The molecule has 3 aromatic rings. The highest BCUT2D eigenvalue weighted by molar-refractivity contribution is 5.83. The molecule has 1 atom stereocenters. The van der Waals surface area contributed by atoms with Crippen LogP contribution < -0.4 is 15.0 Å². The molecular formula is C23H26N4O2. The number of piperidine rings is 1. The van der Waals surface area contributed by atoms with Crippen molar-refractivity contribution in [1.29, 1.82) is 0 Å². The third-order valence-electron chi connectivity index (χ3n) is 5.47. The Balaban J connectivity index is 1.48. The van der Waals surface area contributed by atoms with Crippen LogP contribution in [0.3, 0.4) is 0 Å². The summed E-state index contributed by atoms with van der Waals surface area (Å²) in [4.78, 5) is 24.3. The lowest BCUT2D eigenvalue weighted by atomic mass is 9.97. The van der Waals surface area contributed by atoms with Crippen molar-refractivity contribution in [3.05, 3.63) is 59.8 Å². The van der Waals surface area contributed by atoms with E-state index in [2.05, 4.69) is 10.2 Å². The summed E-state index contributed by atoms with van der Waals surface area (Å²) in [6.45, 7) is 4.04. The molecule has 6 heteroatoms. The van der Waals surface area contributed by atoms with Crippen molar-refractivity contribution in [2.24, 2.45) is 5.92 Å². The predicted molar refractivity (Wildman–Crippen MR) is 114 cm³/mol. The zero-order valence-electron chi connectivity index (χ0n) is 16.9. The van der Waals surface area contributed by atoms with Crippen molar-refractivity contribution in [3.63, 3.8) is 0 Å². The van der Waals surface area contributed by atoms with E-state index in [0.29, 0.717) is 19.0 Å². The molecule has 0 saturated carbocycles. The normalized spacial score (nSPS) is 16.6. The molecule has 0 unspecified atom stereocenters. The monoisotopic (exact) mass is 390 g/mol. The Kier molecular flexibility index (Phi) is 5.60. The van der Waals surface area contributed by atoms with Gasteiger partial charge in [-0.1, -0.05) is 30.3 Å². The van der Waals surface area contributed by atoms with Gasteiger partial charge in [-0.05, 0) is 37.5 Å². The van der Waals surface area contributed by atoms with Crippen molar-refractivity contribution in [3.8, 4) is 5.75 Å². The van der Waals surface area contributed by atoms with E-state index >= 15 is 0 Å². The van der Waals surface area contributed by atoms with Crippen LogP contribution in [0.15, 0.2) is 48.5 Å². The van der Waals surface area contributed by atoms with Crippen molar-refractivity contribution >= 4 is 22.8 Å². The van der Waals surface area contributed by atoms with Crippen LogP contribution >= 0.6 is 0 Å². The summed E-state index contributed by atoms with van der Waals surface area (Å²) >= 11 is 0. The highest BCUT2D eigenvalue weighted by Crippen LogP contribution is 2.26. The maximum Gasteiger partial charge on any atom is 0.226 e. The number of hydrogen-bond donors (Lipinski definition) is 1. The molecule has 29 heavy (non-hydrogen) atoms. The van der Waals surface area contributed by atoms with Gasteiger partial charge in [0.25, 0.3) is 0 Å². The van der Waals surface area contributed by atoms with Crippen LogP contribution in [0.1, 0.15) is 24.1 Å². The quantitative estimate of drug-likeness (QED) is 0.722. The Morgan fingerprint density at radius 3 is 2.83 bits per heavy atom. The molecule has 1 saturated heterocycles. The van der Waals surface area contributed by atoms with E-state index < -0.39 is 0 Å². The minimum atomic E-state index is -0.0580. The van der Waals surface area contributed by atoms with Crippen LogP contribution in [-0.2, 0) is 11.3 Å². The molecule has 2 aromatic carbocycles. The summed E-state index contributed by atoms with van der Waals surface area (Å²) in [6.07, 6.45) is 1.83. The van der Waals surface area contributed by atoms with Gasteiger partial charge in [-0.2, -0.15) is 0 Å². The number of rotatable bonds is 5. The first-order valence-corrected chi connectivity index (χ1v) is 10.0. The molecule has 4 rings (SSSR count). The average molecular weight is 390 g/mol. The van der Waals surface area contributed by atoms with E-state index in [1.165, 1.54) is 0 Å². The molecule has 0 aliphatic carbocycles. The van der Waals surface area contributed by atoms with Crippen LogP contribution in [-0.4, -0.2) is 36.1 Å². The van der Waals surface area contributed by atoms with E-state index in [1.54, 1.807) is 7.11 Å². The second-order valence-corrected chi connectivity index (χ2v) is 7.48. The number of aryl methyl sites for hydroxylation is 1. The fourth-order valence-corrected chi connectivity index (χ4v) is 3.82. The van der Waals surface area contributed by atoms with Crippen molar-refractivity contribution in [2.75, 3.05) is 25.1 Å². The number of hydrogen-bond acceptors (Lipinski definition) is 5. The molecule has 1 aliphatic rings. The lowest BCUT2D eigenvalue weighted by molar-refractivity contribution is -0.125. The number of carbonyl (C=O) groups excluding carboxylic acids is 1. The van der Waals surface area contributed by atoms with E-state index in [9.17, 15) is 4.79 Å². The fourth-order valence-electron chi connectivity index (χ4n) is 3.82. The van der Waals surface area contributed by atoms with Crippen molar-refractivity contribution in [1.82, 2.24) is 15.3 Å². The minimum Gasteiger partial charge on any atom is -0.497 e. The maximum atomic E-state index is 12.7. The Morgan fingerprint density at radius 2 is 2.03 bits per heavy atom. The summed E-state index contributed by atoms with van der Waals surface area (Å²) in [5.41, 5.74) is 2.90. The van der Waals surface area contributed by atoms with E-state index in [4.69, 9.17) is 14.7 Å². The van der Waals surface area contributed by atoms with Gasteiger partial charge in [0.15, 0.2) is 0 Å². The lowest BCUT2D eigenvalue weighted by Gasteiger charge is -2.32. The number of amides is 1. The maximum absolute atomic E-state index is 12.7. The topological polar surface area (TPSA) is 67.3 Å². The van der Waals surface area contributed by atoms with Gasteiger partial charge < -0.3 is 15.0 Å². The third-order valence-corrected chi connectivity index (χ3v) is 5.47. The third kappa shape index (κ3) is 4.31. The number of aromatic nitrogens is 2. The summed E-state index contributed by atoms with van der Waals surface area (Å²) < 4.78 is 5.33. The fraction of sp³-hybridized carbons (Fsp3) is 0.348. The molecule has 150 valence electrons. The highest BCUT2D eigenvalue weighted by atomic mass is 16.5. The Morgan fingerprint density at radius 1 is 1.21 bits per heavy atom. The number of anilines is 1. The van der Waals surface area contributed by atoms with E-state index in [-0.39, 0.29) is 11.8 Å². The molecule has 0 spiro atoms. The smallest absolute Gasteiger partial charge is 0.226 e. The molecule has 1 aliphatic heterocycles. The number of fused-ring (bicyclic) bond motifs is 1. The molecule has 1 amide bonds. The minimum absolute atomic E-state index is 0.0580. The predicted octanol–water partition coefficient (Wildman–Crippen LogP) is 3.48. The van der Waals surface area contributed by atoms with E-state index in [1.807, 2.05) is 55.5 Å². The number of carbonyl (C=O) groups is 1. The first-order chi connectivity index (χ1) is 14.1. The molecule has 6 nitrogen and oxygen atoms in total. The second kappa shape index (κ2) is 8.47. The Hall–Kier alpha value is -3.15. The largest absolute Gasteiger partial charge is 0.497 e. The molecule has 2 heterocycles. The van der Waals surface area contributed by atoms with Crippen LogP contribution in [0.4, 0.5) is 5.95 Å². The summed E-state index contributed by atoms with van der Waals surface area (Å²) in [7, 11) is 1.65. The number of nitrogens with one attached hydrogen (secondary N) is 1. The van der Waals surface area contributed by atoms with Crippen LogP contribution in [0.2, 0.25) is 0 Å². The lowest BCUT2D eigenvalue weighted by Crippen LogP contribution is -2.43. The van der Waals surface area contributed by atoms with Crippen LogP contribution in [0, 0.1) is 12.8 Å². The zero-order chi connectivity index (χ0) is 20.2. The average Bonchev–Trinajstić information content (AvgIpc) is 2.77. The number of methoxy groups -OCH3 is 1. The van der Waals surface area contributed by atoms with E-state index in [0.717, 1.165) is 47.3 Å². The van der Waals surface area contributed by atoms with Gasteiger partial charge in [-0.25, -0.2) is 9.97 Å². The highest BCUT2D eigenvalue weighted by Gasteiger charge is 2.27. The van der Waals surface area contributed by atoms with Crippen molar-refractivity contribution in [2.45, 2.75) is 26.3 Å². The number of nitrogens with zero attached hydrogens (tertiary/aromatic N) is 3. The molecule has 0 radical (unpaired) electrons. The molecule has 1 fully saturated rings. The van der Waals surface area contributed by atoms with Gasteiger partial charge in [0, 0.05) is 31.1 Å². The van der Waals surface area contributed by atoms with Gasteiger partial charge in [0.05, 0.1) is 24.2 Å². The van der Waals surface area contributed by atoms with Gasteiger partial charge in [-0.3, -0.25) is 4.79 Å². The summed E-state index contributed by atoms with van der Waals surface area (Å²) in [5, 5.41) is 4.09. The number of benzene rings is 2. The molecule has 1 aromatic heterocycles. The van der Waals surface area contributed by atoms with Gasteiger partial charge >= 0.3 is 0 Å². The summed E-state index contributed by atoms with van der Waals surface area (Å²) in [5.74, 6) is 1.50. The molecular weight excluding hydrogens is 364 g/mol. The first-order valence-electron chi connectivity index (χ1n) is 10.0. The molecule has 1 N–H and O–H groups in total. The Labute approximate surface area is 170 Å². The first kappa shape index (κ1) is 19.2. The SMILES string of the molecule is COc1ccc2c(C)nc(N3CCC[C@H](C(=O)NCc4ccccc4)C3)nc2c1. The number of ether oxygens (including phenoxy) is 1.